The van der Waals surface area contributed by atoms with Crippen molar-refractivity contribution in [1.82, 2.24) is 40.6 Å². The van der Waals surface area contributed by atoms with E-state index in [4.69, 9.17) is 4.42 Å². The van der Waals surface area contributed by atoms with Crippen molar-refractivity contribution in [2.24, 2.45) is 21.7 Å². The molecule has 5 heterocycles. The van der Waals surface area contributed by atoms with Gasteiger partial charge in [-0.2, -0.15) is 0 Å². The summed E-state index contributed by atoms with van der Waals surface area (Å²) in [6.45, 7) is 22.8. The maximum absolute atomic E-state index is 12.9. The minimum atomic E-state index is -0.863. The lowest BCUT2D eigenvalue weighted by Gasteiger charge is -2.29. The zero-order valence-electron chi connectivity index (χ0n) is 41.8. The molecule has 19 heteroatoms. The van der Waals surface area contributed by atoms with Gasteiger partial charge < -0.3 is 24.0 Å². The number of amides is 6. The number of rotatable bonds is 16. The molecular formula is C50H82N8O11. The van der Waals surface area contributed by atoms with Crippen LogP contribution in [0.15, 0.2) is 4.42 Å². The normalized spacial score (nSPS) is 20.5. The first-order valence-corrected chi connectivity index (χ1v) is 24.1. The van der Waals surface area contributed by atoms with E-state index in [-0.39, 0.29) is 39.7 Å². The summed E-state index contributed by atoms with van der Waals surface area (Å²) in [7, 11) is 0. The summed E-state index contributed by atoms with van der Waals surface area (Å²) in [4.78, 5) is 133. The van der Waals surface area contributed by atoms with Crippen LogP contribution in [0, 0.1) is 21.7 Å². The third kappa shape index (κ3) is 13.1. The predicted octanol–water partition coefficient (Wildman–Crippen LogP) is 5.81. The lowest BCUT2D eigenvalue weighted by Crippen LogP contribution is -2.57. The smallest absolute Gasteiger partial charge is 0.291 e. The van der Waals surface area contributed by atoms with Crippen LogP contribution in [0.5, 0.6) is 0 Å². The number of nitrogens with one attached hydrogen (secondary N) is 2. The average molecular weight is 971 g/mol. The van der Waals surface area contributed by atoms with Crippen LogP contribution in [0.4, 0.5) is 0 Å². The molecule has 5 rings (SSSR count). The number of carbonyl (C=O) groups is 10. The molecule has 4 fully saturated rings. The Hall–Kier alpha value is -5.36. The van der Waals surface area contributed by atoms with Gasteiger partial charge in [-0.3, -0.25) is 58.8 Å². The topological polar surface area (TPSA) is 247 Å². The molecule has 388 valence electrons. The van der Waals surface area contributed by atoms with Gasteiger partial charge >= 0.3 is 0 Å². The van der Waals surface area contributed by atoms with Crippen molar-refractivity contribution < 1.29 is 52.4 Å². The number of hydrogen-bond donors (Lipinski definition) is 2. The van der Waals surface area contributed by atoms with Gasteiger partial charge in [0, 0.05) is 47.8 Å². The number of carbonyl (C=O) groups excluding carboxylic acids is 10. The summed E-state index contributed by atoms with van der Waals surface area (Å²) in [5.74, 6) is -4.99. The van der Waals surface area contributed by atoms with Crippen molar-refractivity contribution in [1.29, 1.82) is 0 Å². The van der Waals surface area contributed by atoms with Crippen LogP contribution in [0.1, 0.15) is 199 Å². The summed E-state index contributed by atoms with van der Waals surface area (Å²) < 4.78 is 5.96. The molecule has 2 unspecified atom stereocenters. The Kier molecular flexibility index (Phi) is 20.8. The Bertz CT molecular complexity index is 1950. The molecule has 4 atom stereocenters. The Morgan fingerprint density at radius 1 is 0.449 bits per heavy atom. The first-order chi connectivity index (χ1) is 31.2. The van der Waals surface area contributed by atoms with Crippen molar-refractivity contribution in [2.45, 2.75) is 199 Å². The van der Waals surface area contributed by atoms with Crippen LogP contribution in [-0.2, 0) is 47.9 Å². The molecule has 0 aromatic carbocycles. The SMILES string of the molecule is C.C.CCC(C)(C)C(=O)C(=O)N1CCCC1C(=O)NNC(=O)[C@@H]1CCCN1C(=O)C(=O)C(C)(C)CC.CCC(C)(C)C(=O)C(=O)N1CCCC1c1nnc([C@@H]2CCCN2C(=O)C(=O)C(C)(C)CC)o1. The molecule has 6 amide bonds. The van der Waals surface area contributed by atoms with Gasteiger partial charge in [-0.25, -0.2) is 0 Å². The van der Waals surface area contributed by atoms with Crippen molar-refractivity contribution in [3.8, 4) is 0 Å². The van der Waals surface area contributed by atoms with Gasteiger partial charge in [0.2, 0.25) is 34.9 Å². The van der Waals surface area contributed by atoms with E-state index in [9.17, 15) is 47.9 Å². The van der Waals surface area contributed by atoms with E-state index < -0.39 is 104 Å². The summed E-state index contributed by atoms with van der Waals surface area (Å²) in [5.41, 5.74) is 1.58. The molecule has 1 aromatic rings. The Balaban J connectivity index is 0.000000460. The second-order valence-corrected chi connectivity index (χ2v) is 20.8. The van der Waals surface area contributed by atoms with Gasteiger partial charge in [0.1, 0.15) is 24.2 Å². The van der Waals surface area contributed by atoms with Crippen LogP contribution in [-0.4, -0.2) is 127 Å². The van der Waals surface area contributed by atoms with Crippen molar-refractivity contribution in [3.05, 3.63) is 11.8 Å². The number of hydrazine groups is 1. The number of ketones is 4. The molecule has 0 aliphatic carbocycles. The van der Waals surface area contributed by atoms with Crippen LogP contribution in [0.25, 0.3) is 0 Å². The molecule has 1 aromatic heterocycles. The fraction of sp³-hybridized carbons (Fsp3) is 0.760. The molecule has 0 spiro atoms. The van der Waals surface area contributed by atoms with Crippen LogP contribution < -0.4 is 10.9 Å². The fourth-order valence-corrected chi connectivity index (χ4v) is 8.23. The molecule has 69 heavy (non-hydrogen) atoms. The molecule has 2 N–H and O–H groups in total. The van der Waals surface area contributed by atoms with E-state index in [1.807, 2.05) is 27.7 Å². The van der Waals surface area contributed by atoms with Gasteiger partial charge in [-0.1, -0.05) is 97.9 Å². The summed E-state index contributed by atoms with van der Waals surface area (Å²) in [6, 6.07) is -2.64. The average Bonchev–Trinajstić information content (AvgIpc) is 4.17. The third-order valence-electron chi connectivity index (χ3n) is 14.8. The molecule has 4 aliphatic rings. The standard InChI is InChI=1S/C24H38N4O6.C24H36N4O5.2CH4/c1-7-23(3,4)17(29)21(33)27-13-9-11-15(27)19(31)25-26-20(32)16-12-10-14-28(16)22(34)18(30)24(5,6)8-2;1-7-23(3,4)17(29)21(31)27-13-9-11-15(27)19-25-26-20(33-19)16-12-10-14-28(16)22(32)18(30)24(5,6)8-2;;/h15-16H,7-14H2,1-6H3,(H,25,31)(H,26,32);15-16H,7-14H2,1-6H3;2*1H4/t2*15-,16?;;/m00../s1. The predicted molar refractivity (Wildman–Crippen MR) is 257 cm³/mol. The first-order valence-electron chi connectivity index (χ1n) is 24.1. The zero-order chi connectivity index (χ0) is 50.4. The second kappa shape index (κ2) is 24.0. The quantitative estimate of drug-likeness (QED) is 0.147. The monoisotopic (exact) mass is 971 g/mol. The number of hydrogen-bond acceptors (Lipinski definition) is 13. The second-order valence-electron chi connectivity index (χ2n) is 20.8. The summed E-state index contributed by atoms with van der Waals surface area (Å²) in [6.07, 6.45) is 6.75. The van der Waals surface area contributed by atoms with Crippen LogP contribution in [0.2, 0.25) is 0 Å². The Morgan fingerprint density at radius 3 is 0.971 bits per heavy atom. The third-order valence-corrected chi connectivity index (χ3v) is 14.8. The number of nitrogens with zero attached hydrogens (tertiary/aromatic N) is 6. The molecule has 19 nitrogen and oxygen atoms in total. The number of Topliss-reactive ketones (excluding diaryl/α,β-unsaturated/α-hetero) is 4. The van der Waals surface area contributed by atoms with E-state index in [0.717, 1.165) is 12.8 Å². The van der Waals surface area contributed by atoms with E-state index in [0.29, 0.717) is 77.3 Å². The highest BCUT2D eigenvalue weighted by atomic mass is 16.4. The Labute approximate surface area is 409 Å². The highest BCUT2D eigenvalue weighted by molar-refractivity contribution is 6.39. The fourth-order valence-electron chi connectivity index (χ4n) is 8.23. The molecule has 4 aliphatic heterocycles. The van der Waals surface area contributed by atoms with E-state index >= 15 is 0 Å². The van der Waals surface area contributed by atoms with Crippen LogP contribution >= 0.6 is 0 Å². The zero-order valence-corrected chi connectivity index (χ0v) is 41.8. The van der Waals surface area contributed by atoms with Crippen molar-refractivity contribution in [2.75, 3.05) is 26.2 Å². The highest BCUT2D eigenvalue weighted by Gasteiger charge is 2.46. The highest BCUT2D eigenvalue weighted by Crippen LogP contribution is 2.38. The van der Waals surface area contributed by atoms with E-state index in [1.54, 1.807) is 55.4 Å². The lowest BCUT2D eigenvalue weighted by atomic mass is 9.84. The molecule has 0 saturated carbocycles. The van der Waals surface area contributed by atoms with Gasteiger partial charge in [0.05, 0.1) is 0 Å². The minimum Gasteiger partial charge on any atom is -0.421 e. The van der Waals surface area contributed by atoms with Crippen LogP contribution in [0.3, 0.4) is 0 Å². The first kappa shape index (κ1) is 59.8. The largest absolute Gasteiger partial charge is 0.421 e. The lowest BCUT2D eigenvalue weighted by molar-refractivity contribution is -0.152. The number of likely N-dealkylation sites (tertiary alicyclic amines) is 4. The van der Waals surface area contributed by atoms with Crippen molar-refractivity contribution in [3.63, 3.8) is 0 Å². The maximum atomic E-state index is 12.9. The van der Waals surface area contributed by atoms with Gasteiger partial charge in [-0.05, 0) is 77.0 Å². The summed E-state index contributed by atoms with van der Waals surface area (Å²) >= 11 is 0. The van der Waals surface area contributed by atoms with E-state index in [2.05, 4.69) is 21.0 Å². The molecule has 0 radical (unpaired) electrons. The van der Waals surface area contributed by atoms with Gasteiger partial charge in [0.25, 0.3) is 35.4 Å². The number of aromatic nitrogens is 2. The van der Waals surface area contributed by atoms with E-state index in [1.165, 1.54) is 19.6 Å². The molecule has 0 bridgehead atoms. The maximum Gasteiger partial charge on any atom is 0.291 e. The Morgan fingerprint density at radius 2 is 0.696 bits per heavy atom. The van der Waals surface area contributed by atoms with Crippen molar-refractivity contribution >= 4 is 58.6 Å². The van der Waals surface area contributed by atoms with Gasteiger partial charge in [-0.15, -0.1) is 10.2 Å². The van der Waals surface area contributed by atoms with Gasteiger partial charge in [0.15, 0.2) is 0 Å². The molecule has 4 saturated heterocycles. The summed E-state index contributed by atoms with van der Waals surface area (Å²) in [5, 5.41) is 8.35. The molecular weight excluding hydrogens is 889 g/mol. The minimum absolute atomic E-state index is 0.